The molecule has 0 bridgehead atoms. The minimum atomic E-state index is 0.00648. The standard InChI is InChI=1S/C14H18N2O/c1-4-7-15-14(17)11-5-6-13-12(8-11)9(2)10(3)16-13/h5-6,8,16H,4,7H2,1-3H3,(H,15,17). The van der Waals surface area contributed by atoms with Crippen LogP contribution in [-0.2, 0) is 0 Å². The van der Waals surface area contributed by atoms with E-state index in [1.54, 1.807) is 0 Å². The number of rotatable bonds is 3. The lowest BCUT2D eigenvalue weighted by Gasteiger charge is -2.03. The molecule has 0 aliphatic heterocycles. The van der Waals surface area contributed by atoms with Crippen LogP contribution in [0, 0.1) is 13.8 Å². The van der Waals surface area contributed by atoms with Gasteiger partial charge >= 0.3 is 0 Å². The molecule has 3 heteroatoms. The lowest BCUT2D eigenvalue weighted by molar-refractivity contribution is 0.0954. The molecule has 0 aliphatic carbocycles. The van der Waals surface area contributed by atoms with Crippen molar-refractivity contribution in [3.05, 3.63) is 35.0 Å². The maximum absolute atomic E-state index is 11.8. The van der Waals surface area contributed by atoms with Crippen molar-refractivity contribution in [2.45, 2.75) is 27.2 Å². The van der Waals surface area contributed by atoms with E-state index in [9.17, 15) is 4.79 Å². The second kappa shape index (κ2) is 4.62. The number of hydrogen-bond donors (Lipinski definition) is 2. The molecular formula is C14H18N2O. The number of fused-ring (bicyclic) bond motifs is 1. The Balaban J connectivity index is 2.37. The first-order valence-corrected chi connectivity index (χ1v) is 6.00. The molecule has 2 aromatic rings. The highest BCUT2D eigenvalue weighted by atomic mass is 16.1. The van der Waals surface area contributed by atoms with Gasteiger partial charge in [-0.3, -0.25) is 4.79 Å². The molecule has 1 aromatic heterocycles. The molecule has 0 fully saturated rings. The van der Waals surface area contributed by atoms with E-state index in [-0.39, 0.29) is 5.91 Å². The van der Waals surface area contributed by atoms with Crippen molar-refractivity contribution in [3.63, 3.8) is 0 Å². The third kappa shape index (κ3) is 2.18. The first kappa shape index (κ1) is 11.7. The fourth-order valence-electron chi connectivity index (χ4n) is 1.94. The van der Waals surface area contributed by atoms with Gasteiger partial charge in [0.1, 0.15) is 0 Å². The van der Waals surface area contributed by atoms with Crippen molar-refractivity contribution in [1.29, 1.82) is 0 Å². The van der Waals surface area contributed by atoms with Gasteiger partial charge < -0.3 is 10.3 Å². The average molecular weight is 230 g/mol. The van der Waals surface area contributed by atoms with Crippen LogP contribution in [0.2, 0.25) is 0 Å². The van der Waals surface area contributed by atoms with Crippen LogP contribution in [0.15, 0.2) is 18.2 Å². The summed E-state index contributed by atoms with van der Waals surface area (Å²) in [5.74, 6) is 0.00648. The first-order chi connectivity index (χ1) is 8.13. The number of benzene rings is 1. The van der Waals surface area contributed by atoms with Crippen LogP contribution in [0.25, 0.3) is 10.9 Å². The van der Waals surface area contributed by atoms with Crippen molar-refractivity contribution >= 4 is 16.8 Å². The topological polar surface area (TPSA) is 44.9 Å². The molecule has 0 spiro atoms. The van der Waals surface area contributed by atoms with Gasteiger partial charge in [-0.1, -0.05) is 6.92 Å². The smallest absolute Gasteiger partial charge is 0.251 e. The van der Waals surface area contributed by atoms with Crippen molar-refractivity contribution in [2.24, 2.45) is 0 Å². The van der Waals surface area contributed by atoms with Gasteiger partial charge in [0.25, 0.3) is 5.91 Å². The van der Waals surface area contributed by atoms with Gasteiger partial charge in [-0.05, 0) is 44.0 Å². The molecule has 2 N–H and O–H groups in total. The van der Waals surface area contributed by atoms with Crippen molar-refractivity contribution in [3.8, 4) is 0 Å². The fourth-order valence-corrected chi connectivity index (χ4v) is 1.94. The van der Waals surface area contributed by atoms with E-state index in [1.165, 1.54) is 5.56 Å². The summed E-state index contributed by atoms with van der Waals surface area (Å²) >= 11 is 0. The molecule has 0 aliphatic rings. The second-order valence-corrected chi connectivity index (χ2v) is 4.39. The molecule has 0 radical (unpaired) electrons. The molecule has 90 valence electrons. The number of nitrogens with one attached hydrogen (secondary N) is 2. The van der Waals surface area contributed by atoms with Crippen LogP contribution < -0.4 is 5.32 Å². The number of aromatic nitrogens is 1. The Hall–Kier alpha value is -1.77. The summed E-state index contributed by atoms with van der Waals surface area (Å²) in [6.07, 6.45) is 0.955. The van der Waals surface area contributed by atoms with Crippen LogP contribution in [0.1, 0.15) is 35.0 Å². The summed E-state index contributed by atoms with van der Waals surface area (Å²) in [5, 5.41) is 4.02. The van der Waals surface area contributed by atoms with E-state index in [4.69, 9.17) is 0 Å². The van der Waals surface area contributed by atoms with Crippen LogP contribution >= 0.6 is 0 Å². The molecule has 0 unspecified atom stereocenters. The fraction of sp³-hybridized carbons (Fsp3) is 0.357. The molecule has 3 nitrogen and oxygen atoms in total. The van der Waals surface area contributed by atoms with Crippen LogP contribution in [0.5, 0.6) is 0 Å². The SMILES string of the molecule is CCCNC(=O)c1ccc2[nH]c(C)c(C)c2c1. The zero-order valence-corrected chi connectivity index (χ0v) is 10.6. The summed E-state index contributed by atoms with van der Waals surface area (Å²) in [6, 6.07) is 5.79. The largest absolute Gasteiger partial charge is 0.358 e. The van der Waals surface area contributed by atoms with Crippen LogP contribution in [0.4, 0.5) is 0 Å². The summed E-state index contributed by atoms with van der Waals surface area (Å²) < 4.78 is 0. The summed E-state index contributed by atoms with van der Waals surface area (Å²) in [5.41, 5.74) is 4.19. The highest BCUT2D eigenvalue weighted by Crippen LogP contribution is 2.22. The third-order valence-corrected chi connectivity index (χ3v) is 3.11. The Kier molecular flexibility index (Phi) is 3.18. The third-order valence-electron chi connectivity index (χ3n) is 3.11. The van der Waals surface area contributed by atoms with E-state index >= 15 is 0 Å². The number of carbonyl (C=O) groups excluding carboxylic acids is 1. The number of amides is 1. The van der Waals surface area contributed by atoms with Gasteiger partial charge in [0, 0.05) is 28.7 Å². The minimum Gasteiger partial charge on any atom is -0.358 e. The van der Waals surface area contributed by atoms with Crippen molar-refractivity contribution < 1.29 is 4.79 Å². The van der Waals surface area contributed by atoms with Gasteiger partial charge in [0.2, 0.25) is 0 Å². The highest BCUT2D eigenvalue weighted by molar-refractivity contribution is 5.99. The molecular weight excluding hydrogens is 212 g/mol. The molecule has 1 amide bonds. The number of hydrogen-bond acceptors (Lipinski definition) is 1. The minimum absolute atomic E-state index is 0.00648. The molecule has 0 atom stereocenters. The predicted molar refractivity (Wildman–Crippen MR) is 70.4 cm³/mol. The Morgan fingerprint density at radius 1 is 1.35 bits per heavy atom. The second-order valence-electron chi connectivity index (χ2n) is 4.39. The lowest BCUT2D eigenvalue weighted by Crippen LogP contribution is -2.23. The quantitative estimate of drug-likeness (QED) is 0.836. The number of aromatic amines is 1. The first-order valence-electron chi connectivity index (χ1n) is 6.00. The predicted octanol–water partition coefficient (Wildman–Crippen LogP) is 2.92. The molecule has 1 aromatic carbocycles. The Labute approximate surface area is 101 Å². The maximum atomic E-state index is 11.8. The zero-order valence-electron chi connectivity index (χ0n) is 10.6. The van der Waals surface area contributed by atoms with Crippen molar-refractivity contribution in [2.75, 3.05) is 6.54 Å². The average Bonchev–Trinajstić information content (AvgIpc) is 2.62. The highest BCUT2D eigenvalue weighted by Gasteiger charge is 2.09. The van der Waals surface area contributed by atoms with Gasteiger partial charge in [0.05, 0.1) is 0 Å². The lowest BCUT2D eigenvalue weighted by atomic mass is 10.1. The van der Waals surface area contributed by atoms with Gasteiger partial charge in [-0.25, -0.2) is 0 Å². The number of aryl methyl sites for hydroxylation is 2. The monoisotopic (exact) mass is 230 g/mol. The zero-order chi connectivity index (χ0) is 12.4. The molecule has 17 heavy (non-hydrogen) atoms. The normalized spacial score (nSPS) is 10.8. The van der Waals surface area contributed by atoms with Crippen molar-refractivity contribution in [1.82, 2.24) is 10.3 Å². The maximum Gasteiger partial charge on any atom is 0.251 e. The Bertz CT molecular complexity index is 555. The van der Waals surface area contributed by atoms with Gasteiger partial charge in [-0.2, -0.15) is 0 Å². The van der Waals surface area contributed by atoms with E-state index in [1.807, 2.05) is 32.0 Å². The molecule has 2 rings (SSSR count). The summed E-state index contributed by atoms with van der Waals surface area (Å²) in [7, 11) is 0. The Morgan fingerprint density at radius 2 is 2.12 bits per heavy atom. The van der Waals surface area contributed by atoms with E-state index < -0.39 is 0 Å². The molecule has 0 saturated carbocycles. The van der Waals surface area contributed by atoms with Crippen LogP contribution in [0.3, 0.4) is 0 Å². The van der Waals surface area contributed by atoms with E-state index in [0.29, 0.717) is 0 Å². The Morgan fingerprint density at radius 3 is 2.82 bits per heavy atom. The van der Waals surface area contributed by atoms with E-state index in [2.05, 4.69) is 17.2 Å². The molecule has 0 saturated heterocycles. The number of H-pyrrole nitrogens is 1. The summed E-state index contributed by atoms with van der Waals surface area (Å²) in [4.78, 5) is 15.1. The molecule has 1 heterocycles. The van der Waals surface area contributed by atoms with Gasteiger partial charge in [-0.15, -0.1) is 0 Å². The van der Waals surface area contributed by atoms with Crippen LogP contribution in [-0.4, -0.2) is 17.4 Å². The number of carbonyl (C=O) groups is 1. The van der Waals surface area contributed by atoms with Gasteiger partial charge in [0.15, 0.2) is 0 Å². The van der Waals surface area contributed by atoms with E-state index in [0.717, 1.165) is 35.1 Å². The summed E-state index contributed by atoms with van der Waals surface area (Å²) in [6.45, 7) is 6.89.